The molecule has 25 heavy (non-hydrogen) atoms. The Morgan fingerprint density at radius 3 is 2.40 bits per heavy atom. The van der Waals surface area contributed by atoms with Crippen molar-refractivity contribution in [1.29, 1.82) is 0 Å². The maximum Gasteiger partial charge on any atom is 0.166 e. The molecule has 3 nitrogen and oxygen atoms in total. The van der Waals surface area contributed by atoms with E-state index in [2.05, 4.69) is 51.4 Å². The number of thiazole rings is 1. The molecule has 0 aliphatic rings. The summed E-state index contributed by atoms with van der Waals surface area (Å²) in [5.74, 6) is 2.26. The lowest BCUT2D eigenvalue weighted by molar-refractivity contribution is 0.784. The van der Waals surface area contributed by atoms with Gasteiger partial charge in [0.25, 0.3) is 0 Å². The third-order valence-corrected chi connectivity index (χ3v) is 7.12. The summed E-state index contributed by atoms with van der Waals surface area (Å²) in [6, 6.07) is 16.6. The molecule has 2 aromatic heterocycles. The number of hydrogen-bond acceptors (Lipinski definition) is 5. The van der Waals surface area contributed by atoms with Crippen molar-refractivity contribution in [2.24, 2.45) is 0 Å². The molecule has 4 rings (SSSR count). The van der Waals surface area contributed by atoms with Crippen LogP contribution in [0.15, 0.2) is 58.0 Å². The highest BCUT2D eigenvalue weighted by atomic mass is 32.2. The Hall–Kier alpha value is -1.50. The number of rotatable bonds is 8. The van der Waals surface area contributed by atoms with Crippen molar-refractivity contribution in [2.45, 2.75) is 28.8 Å². The Balaban J connectivity index is 1.15. The molecule has 0 spiro atoms. The van der Waals surface area contributed by atoms with Gasteiger partial charge in [-0.05, 0) is 37.1 Å². The van der Waals surface area contributed by atoms with Crippen LogP contribution in [-0.2, 0) is 0 Å². The molecule has 0 aliphatic carbocycles. The Morgan fingerprint density at radius 2 is 1.56 bits per heavy atom. The number of nitrogens with one attached hydrogen (secondary N) is 1. The number of thioether (sulfide) groups is 2. The minimum atomic E-state index is 1.03. The van der Waals surface area contributed by atoms with Crippen molar-refractivity contribution in [2.75, 3.05) is 11.5 Å². The lowest BCUT2D eigenvalue weighted by Crippen LogP contribution is -1.85. The van der Waals surface area contributed by atoms with Gasteiger partial charge in [-0.25, -0.2) is 9.97 Å². The number of aromatic nitrogens is 3. The first-order chi connectivity index (χ1) is 12.4. The van der Waals surface area contributed by atoms with Crippen molar-refractivity contribution in [1.82, 2.24) is 15.0 Å². The summed E-state index contributed by atoms with van der Waals surface area (Å²) in [5.41, 5.74) is 3.30. The molecule has 6 heteroatoms. The molecule has 128 valence electrons. The second-order valence-electron chi connectivity index (χ2n) is 5.76. The normalized spacial score (nSPS) is 11.5. The molecule has 0 unspecified atom stereocenters. The number of hydrogen-bond donors (Lipinski definition) is 1. The number of benzene rings is 2. The minimum Gasteiger partial charge on any atom is -0.333 e. The van der Waals surface area contributed by atoms with Crippen LogP contribution in [0.25, 0.3) is 21.3 Å². The first-order valence-corrected chi connectivity index (χ1v) is 11.2. The highest BCUT2D eigenvalue weighted by molar-refractivity contribution is 8.01. The number of imidazole rings is 1. The first kappa shape index (κ1) is 16.9. The van der Waals surface area contributed by atoms with E-state index in [1.807, 2.05) is 35.7 Å². The summed E-state index contributed by atoms with van der Waals surface area (Å²) in [6.07, 6.45) is 3.72. The van der Waals surface area contributed by atoms with Crippen LogP contribution in [0, 0.1) is 0 Å². The predicted molar refractivity (Wildman–Crippen MR) is 111 cm³/mol. The smallest absolute Gasteiger partial charge is 0.166 e. The number of aromatic amines is 1. The molecule has 0 radical (unpaired) electrons. The van der Waals surface area contributed by atoms with E-state index in [0.29, 0.717) is 0 Å². The highest BCUT2D eigenvalue weighted by Crippen LogP contribution is 2.30. The van der Waals surface area contributed by atoms with Crippen molar-refractivity contribution >= 4 is 56.1 Å². The van der Waals surface area contributed by atoms with E-state index in [1.54, 1.807) is 11.3 Å². The monoisotopic (exact) mass is 385 g/mol. The van der Waals surface area contributed by atoms with E-state index >= 15 is 0 Å². The number of H-pyrrole nitrogens is 1. The Morgan fingerprint density at radius 1 is 0.800 bits per heavy atom. The average molecular weight is 386 g/mol. The molecule has 1 N–H and O–H groups in total. The van der Waals surface area contributed by atoms with Gasteiger partial charge in [-0.15, -0.1) is 11.3 Å². The second kappa shape index (κ2) is 8.25. The second-order valence-corrected chi connectivity index (χ2v) is 9.22. The molecule has 0 bridgehead atoms. The summed E-state index contributed by atoms with van der Waals surface area (Å²) in [5, 5.41) is 1.03. The SMILES string of the molecule is c1ccc2[nH]c(SCCCCCSc3nc4ccccc4s3)nc2c1. The van der Waals surface area contributed by atoms with E-state index in [0.717, 1.165) is 33.2 Å². The third kappa shape index (κ3) is 4.37. The van der Waals surface area contributed by atoms with Gasteiger partial charge >= 0.3 is 0 Å². The van der Waals surface area contributed by atoms with E-state index in [9.17, 15) is 0 Å². The minimum absolute atomic E-state index is 1.03. The number of nitrogens with zero attached hydrogens (tertiary/aromatic N) is 2. The van der Waals surface area contributed by atoms with Crippen molar-refractivity contribution < 1.29 is 0 Å². The van der Waals surface area contributed by atoms with Crippen LogP contribution in [0.3, 0.4) is 0 Å². The zero-order valence-corrected chi connectivity index (χ0v) is 16.2. The Bertz CT molecular complexity index is 817. The van der Waals surface area contributed by atoms with Crippen LogP contribution in [0.5, 0.6) is 0 Å². The fraction of sp³-hybridized carbons (Fsp3) is 0.263. The van der Waals surface area contributed by atoms with Gasteiger partial charge in [0.1, 0.15) is 0 Å². The molecule has 0 atom stereocenters. The molecule has 0 aliphatic heterocycles. The third-order valence-electron chi connectivity index (χ3n) is 3.89. The standard InChI is InChI=1S/C19H19N3S3/c1(6-12-23-18-20-14-8-2-3-9-15(14)21-18)7-13-24-19-22-16-10-4-5-11-17(16)25-19/h2-5,8-11H,1,6-7,12-13H2,(H,20,21). The van der Waals surface area contributed by atoms with E-state index in [1.165, 1.54) is 28.3 Å². The van der Waals surface area contributed by atoms with Gasteiger partial charge in [-0.2, -0.15) is 0 Å². The van der Waals surface area contributed by atoms with Crippen LogP contribution >= 0.6 is 34.9 Å². The molecular formula is C19H19N3S3. The topological polar surface area (TPSA) is 41.6 Å². The van der Waals surface area contributed by atoms with Gasteiger partial charge in [0.05, 0.1) is 21.3 Å². The van der Waals surface area contributed by atoms with Crippen molar-refractivity contribution in [3.05, 3.63) is 48.5 Å². The van der Waals surface area contributed by atoms with E-state index in [4.69, 9.17) is 0 Å². The van der Waals surface area contributed by atoms with E-state index in [-0.39, 0.29) is 0 Å². The fourth-order valence-corrected chi connectivity index (χ4v) is 5.64. The van der Waals surface area contributed by atoms with Gasteiger partial charge in [0, 0.05) is 11.5 Å². The number of fused-ring (bicyclic) bond motifs is 2. The van der Waals surface area contributed by atoms with Gasteiger partial charge in [-0.1, -0.05) is 54.2 Å². The van der Waals surface area contributed by atoms with E-state index < -0.39 is 0 Å². The van der Waals surface area contributed by atoms with Crippen molar-refractivity contribution in [3.8, 4) is 0 Å². The molecular weight excluding hydrogens is 366 g/mol. The molecule has 0 saturated carbocycles. The number of para-hydroxylation sites is 3. The summed E-state index contributed by atoms with van der Waals surface area (Å²) in [7, 11) is 0. The first-order valence-electron chi connectivity index (χ1n) is 8.44. The Kier molecular flexibility index (Phi) is 5.59. The molecule has 0 amide bonds. The van der Waals surface area contributed by atoms with Crippen LogP contribution in [0.1, 0.15) is 19.3 Å². The fourth-order valence-electron chi connectivity index (χ4n) is 2.62. The predicted octanol–water partition coefficient (Wildman–Crippen LogP) is 6.23. The summed E-state index contributed by atoms with van der Waals surface area (Å²) < 4.78 is 2.48. The molecule has 0 fully saturated rings. The van der Waals surface area contributed by atoms with Gasteiger partial charge < -0.3 is 4.98 Å². The number of unbranched alkanes of at least 4 members (excludes halogenated alkanes) is 2. The summed E-state index contributed by atoms with van der Waals surface area (Å²) in [6.45, 7) is 0. The lowest BCUT2D eigenvalue weighted by atomic mass is 10.3. The Labute approximate surface area is 159 Å². The quantitative estimate of drug-likeness (QED) is 0.288. The van der Waals surface area contributed by atoms with Crippen LogP contribution in [0.4, 0.5) is 0 Å². The highest BCUT2D eigenvalue weighted by Gasteiger charge is 2.04. The van der Waals surface area contributed by atoms with Gasteiger partial charge in [-0.3, -0.25) is 0 Å². The van der Waals surface area contributed by atoms with Gasteiger partial charge in [0.2, 0.25) is 0 Å². The van der Waals surface area contributed by atoms with Crippen LogP contribution in [0.2, 0.25) is 0 Å². The lowest BCUT2D eigenvalue weighted by Gasteiger charge is -1.99. The van der Waals surface area contributed by atoms with Crippen LogP contribution in [-0.4, -0.2) is 26.5 Å². The molecule has 0 saturated heterocycles. The van der Waals surface area contributed by atoms with Crippen LogP contribution < -0.4 is 0 Å². The summed E-state index contributed by atoms with van der Waals surface area (Å²) in [4.78, 5) is 12.6. The zero-order valence-electron chi connectivity index (χ0n) is 13.8. The van der Waals surface area contributed by atoms with Gasteiger partial charge in [0.15, 0.2) is 9.50 Å². The largest absolute Gasteiger partial charge is 0.333 e. The molecule has 2 heterocycles. The summed E-state index contributed by atoms with van der Waals surface area (Å²) >= 11 is 5.51. The van der Waals surface area contributed by atoms with Crippen molar-refractivity contribution in [3.63, 3.8) is 0 Å². The maximum absolute atomic E-state index is 4.67. The molecule has 2 aromatic carbocycles. The average Bonchev–Trinajstić information content (AvgIpc) is 3.23. The zero-order chi connectivity index (χ0) is 16.9. The molecule has 4 aromatic rings. The maximum atomic E-state index is 4.67.